The largest absolute Gasteiger partial charge is 0.284 e. The lowest BCUT2D eigenvalue weighted by atomic mass is 10.3. The van der Waals surface area contributed by atoms with E-state index in [4.69, 9.17) is 0 Å². The van der Waals surface area contributed by atoms with Gasteiger partial charge in [0.15, 0.2) is 0 Å². The molecule has 0 saturated heterocycles. The minimum atomic E-state index is -4.09. The Hall–Kier alpha value is -0.180. The smallest absolute Gasteiger partial charge is 0.270 e. The van der Waals surface area contributed by atoms with Gasteiger partial charge in [0, 0.05) is 0 Å². The van der Waals surface area contributed by atoms with Crippen molar-refractivity contribution in [3.8, 4) is 0 Å². The lowest BCUT2D eigenvalue weighted by Gasteiger charge is -2.10. The van der Waals surface area contributed by atoms with Crippen LogP contribution in [0.5, 0.6) is 0 Å². The summed E-state index contributed by atoms with van der Waals surface area (Å²) in [5.74, 6) is 0. The molecule has 0 rings (SSSR count). The molecule has 0 aliphatic heterocycles. The molecule has 0 N–H and O–H groups in total. The van der Waals surface area contributed by atoms with Gasteiger partial charge in [0.25, 0.3) is 20.2 Å². The summed E-state index contributed by atoms with van der Waals surface area (Å²) in [4.78, 5) is 0. The maximum absolute atomic E-state index is 11.2. The Morgan fingerprint density at radius 2 is 1.60 bits per heavy atom. The fourth-order valence-corrected chi connectivity index (χ4v) is 3.64. The SMILES string of the molecule is CCOS(=O)(=O)CS(=O)(=O)OC(C)CC. The van der Waals surface area contributed by atoms with E-state index in [0.717, 1.165) is 0 Å². The van der Waals surface area contributed by atoms with Gasteiger partial charge in [-0.3, -0.25) is 8.37 Å². The fraction of sp³-hybridized carbons (Fsp3) is 1.00. The highest BCUT2D eigenvalue weighted by atomic mass is 32.3. The monoisotopic (exact) mass is 260 g/mol. The number of hydrogen-bond donors (Lipinski definition) is 0. The van der Waals surface area contributed by atoms with Crippen LogP contribution in [-0.2, 0) is 28.6 Å². The highest BCUT2D eigenvalue weighted by Gasteiger charge is 2.25. The Morgan fingerprint density at radius 1 is 1.07 bits per heavy atom. The van der Waals surface area contributed by atoms with E-state index in [0.29, 0.717) is 6.42 Å². The summed E-state index contributed by atoms with van der Waals surface area (Å²) in [7, 11) is -8.14. The van der Waals surface area contributed by atoms with Crippen molar-refractivity contribution in [2.24, 2.45) is 0 Å². The van der Waals surface area contributed by atoms with Gasteiger partial charge in [-0.15, -0.1) is 0 Å². The highest BCUT2D eigenvalue weighted by Crippen LogP contribution is 2.07. The summed E-state index contributed by atoms with van der Waals surface area (Å²) < 4.78 is 53.4. The van der Waals surface area contributed by atoms with E-state index in [1.807, 2.05) is 0 Å². The zero-order valence-corrected chi connectivity index (χ0v) is 10.6. The first-order valence-corrected chi connectivity index (χ1v) is 7.66. The summed E-state index contributed by atoms with van der Waals surface area (Å²) in [6, 6.07) is 0. The Morgan fingerprint density at radius 3 is 2.00 bits per heavy atom. The van der Waals surface area contributed by atoms with Crippen LogP contribution in [0.3, 0.4) is 0 Å². The van der Waals surface area contributed by atoms with Gasteiger partial charge in [-0.1, -0.05) is 6.92 Å². The molecule has 0 aromatic rings. The molecule has 0 aliphatic carbocycles. The van der Waals surface area contributed by atoms with Gasteiger partial charge in [-0.25, -0.2) is 0 Å². The second-order valence-electron chi connectivity index (χ2n) is 2.95. The molecule has 8 heteroatoms. The maximum Gasteiger partial charge on any atom is 0.284 e. The van der Waals surface area contributed by atoms with E-state index in [-0.39, 0.29) is 6.61 Å². The molecule has 0 aliphatic rings. The van der Waals surface area contributed by atoms with Crippen LogP contribution in [0.15, 0.2) is 0 Å². The van der Waals surface area contributed by atoms with E-state index in [9.17, 15) is 16.8 Å². The van der Waals surface area contributed by atoms with E-state index in [1.54, 1.807) is 13.8 Å². The molecule has 0 saturated carbocycles. The first-order valence-electron chi connectivity index (χ1n) is 4.50. The molecular weight excluding hydrogens is 244 g/mol. The molecule has 6 nitrogen and oxygen atoms in total. The van der Waals surface area contributed by atoms with E-state index >= 15 is 0 Å². The highest BCUT2D eigenvalue weighted by molar-refractivity contribution is 8.03. The van der Waals surface area contributed by atoms with Gasteiger partial charge < -0.3 is 0 Å². The van der Waals surface area contributed by atoms with Crippen LogP contribution >= 0.6 is 0 Å². The van der Waals surface area contributed by atoms with Gasteiger partial charge >= 0.3 is 0 Å². The van der Waals surface area contributed by atoms with Crippen LogP contribution in [0.25, 0.3) is 0 Å². The Kier molecular flexibility index (Phi) is 5.71. The normalized spacial score (nSPS) is 15.1. The molecule has 0 aromatic carbocycles. The third-order valence-electron chi connectivity index (χ3n) is 1.47. The lowest BCUT2D eigenvalue weighted by molar-refractivity contribution is 0.226. The van der Waals surface area contributed by atoms with Crippen LogP contribution in [0.4, 0.5) is 0 Å². The molecule has 0 aromatic heterocycles. The predicted molar refractivity (Wildman–Crippen MR) is 55.2 cm³/mol. The van der Waals surface area contributed by atoms with Gasteiger partial charge in [0.2, 0.25) is 5.08 Å². The van der Waals surface area contributed by atoms with Crippen LogP contribution in [0.1, 0.15) is 27.2 Å². The topological polar surface area (TPSA) is 86.7 Å². The fourth-order valence-electron chi connectivity index (χ4n) is 0.736. The van der Waals surface area contributed by atoms with Gasteiger partial charge in [0.05, 0.1) is 12.7 Å². The average molecular weight is 260 g/mol. The minimum Gasteiger partial charge on any atom is -0.270 e. The average Bonchev–Trinajstić information content (AvgIpc) is 2.00. The quantitative estimate of drug-likeness (QED) is 0.618. The van der Waals surface area contributed by atoms with Gasteiger partial charge in [-0.2, -0.15) is 16.8 Å². The zero-order valence-electron chi connectivity index (χ0n) is 8.96. The van der Waals surface area contributed by atoms with Crippen LogP contribution in [0.2, 0.25) is 0 Å². The zero-order chi connectivity index (χ0) is 12.1. The molecular formula is C7H16O6S2. The third kappa shape index (κ3) is 6.82. The molecule has 0 radical (unpaired) electrons. The van der Waals surface area contributed by atoms with Crippen LogP contribution in [0, 0.1) is 0 Å². The van der Waals surface area contributed by atoms with Crippen LogP contribution < -0.4 is 0 Å². The number of rotatable bonds is 7. The van der Waals surface area contributed by atoms with Gasteiger partial charge in [0.1, 0.15) is 0 Å². The van der Waals surface area contributed by atoms with Crippen molar-refractivity contribution in [1.29, 1.82) is 0 Å². The van der Waals surface area contributed by atoms with Crippen molar-refractivity contribution >= 4 is 20.2 Å². The third-order valence-corrected chi connectivity index (χ3v) is 5.00. The van der Waals surface area contributed by atoms with Crippen molar-refractivity contribution < 1.29 is 25.2 Å². The summed E-state index contributed by atoms with van der Waals surface area (Å²) in [6.45, 7) is 4.64. The predicted octanol–water partition coefficient (Wildman–Crippen LogP) is 0.455. The minimum absolute atomic E-state index is 0.0960. The lowest BCUT2D eigenvalue weighted by Crippen LogP contribution is -2.24. The molecule has 0 fully saturated rings. The standard InChI is InChI=1S/C7H16O6S2/c1-4-7(3)13-15(10,11)6-14(8,9)12-5-2/h7H,4-6H2,1-3H3. The second kappa shape index (κ2) is 5.78. The molecule has 0 bridgehead atoms. The first-order chi connectivity index (χ1) is 6.72. The van der Waals surface area contributed by atoms with Crippen molar-refractivity contribution in [3.63, 3.8) is 0 Å². The van der Waals surface area contributed by atoms with E-state index in [1.165, 1.54) is 6.92 Å². The molecule has 1 unspecified atom stereocenters. The Balaban J connectivity index is 4.52. The maximum atomic E-state index is 11.2. The van der Waals surface area contributed by atoms with Crippen molar-refractivity contribution in [3.05, 3.63) is 0 Å². The second-order valence-corrected chi connectivity index (χ2v) is 6.56. The summed E-state index contributed by atoms with van der Waals surface area (Å²) in [5, 5.41) is -1.14. The van der Waals surface area contributed by atoms with Crippen molar-refractivity contribution in [2.45, 2.75) is 33.3 Å². The summed E-state index contributed by atoms with van der Waals surface area (Å²) in [6.07, 6.45) is -0.0553. The Bertz CT molecular complexity index is 368. The molecule has 0 amide bonds. The molecule has 0 spiro atoms. The van der Waals surface area contributed by atoms with Crippen LogP contribution in [-0.4, -0.2) is 34.6 Å². The number of hydrogen-bond acceptors (Lipinski definition) is 6. The molecule has 0 heterocycles. The van der Waals surface area contributed by atoms with Crippen molar-refractivity contribution in [2.75, 3.05) is 11.7 Å². The van der Waals surface area contributed by atoms with Crippen molar-refractivity contribution in [1.82, 2.24) is 0 Å². The molecule has 15 heavy (non-hydrogen) atoms. The van der Waals surface area contributed by atoms with Gasteiger partial charge in [-0.05, 0) is 20.3 Å². The van der Waals surface area contributed by atoms with E-state index in [2.05, 4.69) is 8.37 Å². The summed E-state index contributed by atoms with van der Waals surface area (Å²) >= 11 is 0. The van der Waals surface area contributed by atoms with E-state index < -0.39 is 31.4 Å². The Labute approximate surface area is 90.8 Å². The molecule has 1 atom stereocenters. The first kappa shape index (κ1) is 14.8. The molecule has 92 valence electrons. The summed E-state index contributed by atoms with van der Waals surface area (Å²) in [5.41, 5.74) is 0.